The molecule has 1 N–H and O–H groups in total. The number of carbonyl (C=O) groups excluding carboxylic acids is 2. The lowest BCUT2D eigenvalue weighted by Gasteiger charge is -2.24. The Labute approximate surface area is 215 Å². The van der Waals surface area contributed by atoms with E-state index in [1.54, 1.807) is 9.58 Å². The van der Waals surface area contributed by atoms with Gasteiger partial charge in [0.05, 0.1) is 11.4 Å². The monoisotopic (exact) mass is 488 g/mol. The van der Waals surface area contributed by atoms with Crippen LogP contribution in [0.1, 0.15) is 76.0 Å². The maximum Gasteiger partial charge on any atom is 0.254 e. The van der Waals surface area contributed by atoms with Gasteiger partial charge in [0.25, 0.3) is 5.91 Å². The first-order chi connectivity index (χ1) is 17.1. The summed E-state index contributed by atoms with van der Waals surface area (Å²) in [6, 6.07) is 19.4. The molecule has 1 heterocycles. The molecule has 0 bridgehead atoms. The third kappa shape index (κ3) is 7.30. The molecule has 36 heavy (non-hydrogen) atoms. The summed E-state index contributed by atoms with van der Waals surface area (Å²) in [5, 5.41) is 7.78. The fourth-order valence-electron chi connectivity index (χ4n) is 4.00. The molecule has 0 aliphatic heterocycles. The van der Waals surface area contributed by atoms with Gasteiger partial charge < -0.3 is 10.2 Å². The van der Waals surface area contributed by atoms with E-state index in [1.807, 2.05) is 74.5 Å². The van der Waals surface area contributed by atoms with Crippen molar-refractivity contribution < 1.29 is 9.59 Å². The van der Waals surface area contributed by atoms with Gasteiger partial charge in [-0.25, -0.2) is 4.68 Å². The summed E-state index contributed by atoms with van der Waals surface area (Å²) in [7, 11) is 0. The number of unbranched alkanes of at least 4 members (excludes halogenated alkanes) is 1. The molecular weight excluding hydrogens is 448 g/mol. The molecule has 0 radical (unpaired) electrons. The van der Waals surface area contributed by atoms with Gasteiger partial charge >= 0.3 is 0 Å². The number of carbonyl (C=O) groups is 2. The van der Waals surface area contributed by atoms with Crippen molar-refractivity contribution in [3.05, 3.63) is 77.5 Å². The summed E-state index contributed by atoms with van der Waals surface area (Å²) in [5.74, 6) is 0.440. The quantitative estimate of drug-likeness (QED) is 0.367. The second-order valence-corrected chi connectivity index (χ2v) is 10.8. The van der Waals surface area contributed by atoms with E-state index in [9.17, 15) is 9.59 Å². The Balaban J connectivity index is 1.80. The number of nitrogens with one attached hydrogen (secondary N) is 1. The van der Waals surface area contributed by atoms with Gasteiger partial charge in [-0.15, -0.1) is 0 Å². The Morgan fingerprint density at radius 3 is 2.28 bits per heavy atom. The number of benzene rings is 2. The van der Waals surface area contributed by atoms with Crippen LogP contribution in [0.2, 0.25) is 0 Å². The van der Waals surface area contributed by atoms with Crippen molar-refractivity contribution in [2.45, 2.75) is 66.2 Å². The van der Waals surface area contributed by atoms with Gasteiger partial charge in [0.1, 0.15) is 12.4 Å². The summed E-state index contributed by atoms with van der Waals surface area (Å²) < 4.78 is 1.75. The predicted octanol–water partition coefficient (Wildman–Crippen LogP) is 6.25. The number of hydrogen-bond donors (Lipinski definition) is 1. The highest BCUT2D eigenvalue weighted by atomic mass is 16.2. The van der Waals surface area contributed by atoms with E-state index < -0.39 is 0 Å². The van der Waals surface area contributed by atoms with E-state index in [0.29, 0.717) is 17.9 Å². The van der Waals surface area contributed by atoms with Crippen LogP contribution in [0, 0.1) is 5.92 Å². The molecule has 0 saturated carbocycles. The van der Waals surface area contributed by atoms with Crippen molar-refractivity contribution in [1.29, 1.82) is 0 Å². The van der Waals surface area contributed by atoms with Crippen molar-refractivity contribution in [3.63, 3.8) is 0 Å². The fraction of sp³-hybridized carbons (Fsp3) is 0.433. The van der Waals surface area contributed by atoms with Crippen LogP contribution >= 0.6 is 0 Å². The predicted molar refractivity (Wildman–Crippen MR) is 147 cm³/mol. The minimum atomic E-state index is -0.249. The molecule has 0 atom stereocenters. The molecule has 3 aromatic rings. The molecule has 192 valence electrons. The number of aryl methyl sites for hydroxylation is 1. The summed E-state index contributed by atoms with van der Waals surface area (Å²) in [5.41, 5.74) is 3.39. The number of aromatic nitrogens is 2. The highest BCUT2D eigenvalue weighted by molar-refractivity contribution is 5.99. The first-order valence-corrected chi connectivity index (χ1v) is 12.9. The highest BCUT2D eigenvalue weighted by Gasteiger charge is 2.24. The van der Waals surface area contributed by atoms with Gasteiger partial charge in [-0.3, -0.25) is 9.59 Å². The summed E-state index contributed by atoms with van der Waals surface area (Å²) >= 11 is 0. The largest absolute Gasteiger partial charge is 0.329 e. The van der Waals surface area contributed by atoms with E-state index in [0.717, 1.165) is 30.6 Å². The maximum absolute atomic E-state index is 13.3. The van der Waals surface area contributed by atoms with Crippen LogP contribution in [0.5, 0.6) is 0 Å². The Hall–Kier alpha value is -3.41. The third-order valence-corrected chi connectivity index (χ3v) is 5.97. The van der Waals surface area contributed by atoms with Gasteiger partial charge in [0, 0.05) is 23.6 Å². The Morgan fingerprint density at radius 1 is 1.03 bits per heavy atom. The zero-order valence-electron chi connectivity index (χ0n) is 22.5. The standard InChI is InChI=1S/C30H40N4O2/c1-7-8-12-23-15-17-24(18-16-23)29(36)33(20-22(2)3)21-28(35)31-27-19-26(30(4,5)6)32-34(27)25-13-10-9-11-14-25/h9-11,13-19,22H,7-8,12,20-21H2,1-6H3,(H,31,35). The number of anilines is 1. The zero-order valence-corrected chi connectivity index (χ0v) is 22.5. The molecule has 6 heteroatoms. The third-order valence-electron chi connectivity index (χ3n) is 5.97. The van der Waals surface area contributed by atoms with Crippen LogP contribution in [-0.2, 0) is 16.6 Å². The maximum atomic E-state index is 13.3. The van der Waals surface area contributed by atoms with Crippen LogP contribution in [0.4, 0.5) is 5.82 Å². The number of para-hydroxylation sites is 1. The zero-order chi connectivity index (χ0) is 26.3. The van der Waals surface area contributed by atoms with Crippen molar-refractivity contribution in [3.8, 4) is 5.69 Å². The topological polar surface area (TPSA) is 67.2 Å². The highest BCUT2D eigenvalue weighted by Crippen LogP contribution is 2.26. The van der Waals surface area contributed by atoms with Crippen molar-refractivity contribution >= 4 is 17.6 Å². The van der Waals surface area contributed by atoms with Crippen LogP contribution in [0.15, 0.2) is 60.7 Å². The summed E-state index contributed by atoms with van der Waals surface area (Å²) in [4.78, 5) is 28.2. The number of nitrogens with zero attached hydrogens (tertiary/aromatic N) is 3. The summed E-state index contributed by atoms with van der Waals surface area (Å²) in [6.45, 7) is 13.0. The van der Waals surface area contributed by atoms with E-state index >= 15 is 0 Å². The number of hydrogen-bond acceptors (Lipinski definition) is 3. The van der Waals surface area contributed by atoms with Crippen LogP contribution in [0.25, 0.3) is 5.69 Å². The molecule has 0 fully saturated rings. The van der Waals surface area contributed by atoms with E-state index in [1.165, 1.54) is 5.56 Å². The van der Waals surface area contributed by atoms with Gasteiger partial charge in [0.2, 0.25) is 5.91 Å². The van der Waals surface area contributed by atoms with Gasteiger partial charge in [-0.05, 0) is 48.6 Å². The second-order valence-electron chi connectivity index (χ2n) is 10.8. The lowest BCUT2D eigenvalue weighted by molar-refractivity contribution is -0.117. The van der Waals surface area contributed by atoms with Crippen LogP contribution in [-0.4, -0.2) is 39.6 Å². The molecule has 0 aliphatic carbocycles. The average Bonchev–Trinajstić information content (AvgIpc) is 3.26. The lowest BCUT2D eigenvalue weighted by atomic mass is 9.92. The Bertz CT molecular complexity index is 1140. The molecule has 6 nitrogen and oxygen atoms in total. The van der Waals surface area contributed by atoms with Crippen molar-refractivity contribution in [1.82, 2.24) is 14.7 Å². The normalized spacial score (nSPS) is 11.5. The molecule has 0 saturated heterocycles. The Kier molecular flexibility index (Phi) is 9.08. The first kappa shape index (κ1) is 27.2. The van der Waals surface area contributed by atoms with Crippen LogP contribution < -0.4 is 5.32 Å². The second kappa shape index (κ2) is 12.0. The van der Waals surface area contributed by atoms with Crippen molar-refractivity contribution in [2.24, 2.45) is 5.92 Å². The first-order valence-electron chi connectivity index (χ1n) is 12.9. The number of rotatable bonds is 10. The van der Waals surface area contributed by atoms with Crippen molar-refractivity contribution in [2.75, 3.05) is 18.4 Å². The molecule has 3 rings (SSSR count). The molecule has 2 aromatic carbocycles. The van der Waals surface area contributed by atoms with E-state index in [2.05, 4.69) is 33.0 Å². The SMILES string of the molecule is CCCCc1ccc(C(=O)N(CC(=O)Nc2cc(C(C)(C)C)nn2-c2ccccc2)CC(C)C)cc1. The van der Waals surface area contributed by atoms with Gasteiger partial charge in [-0.2, -0.15) is 5.10 Å². The van der Waals surface area contributed by atoms with Gasteiger partial charge in [0.15, 0.2) is 0 Å². The minimum Gasteiger partial charge on any atom is -0.329 e. The fourth-order valence-corrected chi connectivity index (χ4v) is 4.00. The minimum absolute atomic E-state index is 0.0284. The lowest BCUT2D eigenvalue weighted by Crippen LogP contribution is -2.40. The smallest absolute Gasteiger partial charge is 0.254 e. The molecule has 0 unspecified atom stereocenters. The number of amides is 2. The Morgan fingerprint density at radius 2 is 1.69 bits per heavy atom. The van der Waals surface area contributed by atoms with E-state index in [-0.39, 0.29) is 29.7 Å². The molecule has 1 aromatic heterocycles. The van der Waals surface area contributed by atoms with Crippen LogP contribution in [0.3, 0.4) is 0 Å². The molecule has 0 spiro atoms. The summed E-state index contributed by atoms with van der Waals surface area (Å²) in [6.07, 6.45) is 3.27. The molecular formula is C30H40N4O2. The van der Waals surface area contributed by atoms with E-state index in [4.69, 9.17) is 5.10 Å². The molecule has 2 amide bonds. The van der Waals surface area contributed by atoms with Gasteiger partial charge in [-0.1, -0.05) is 78.3 Å². The molecule has 0 aliphatic rings. The average molecular weight is 489 g/mol.